The van der Waals surface area contributed by atoms with Gasteiger partial charge in [0, 0.05) is 0 Å². The summed E-state index contributed by atoms with van der Waals surface area (Å²) in [5, 5.41) is 27.6. The molecule has 2 aromatic carbocycles. The van der Waals surface area contributed by atoms with Crippen molar-refractivity contribution in [3.8, 4) is 0 Å². The van der Waals surface area contributed by atoms with Crippen LogP contribution in [-0.4, -0.2) is 32.2 Å². The molecule has 0 spiro atoms. The zero-order chi connectivity index (χ0) is 18.9. The molecule has 0 heterocycles. The van der Waals surface area contributed by atoms with E-state index in [2.05, 4.69) is 24.3 Å². The number of aliphatic carboxylic acids is 1. The highest BCUT2D eigenvalue weighted by Gasteiger charge is 2.31. The monoisotopic (exact) mass is 369 g/mol. The zero-order valence-electron chi connectivity index (χ0n) is 15.0. The van der Waals surface area contributed by atoms with Crippen LogP contribution in [0.2, 0.25) is 0 Å². The van der Waals surface area contributed by atoms with Crippen molar-refractivity contribution in [3.05, 3.63) is 47.5 Å². The van der Waals surface area contributed by atoms with E-state index in [0.717, 1.165) is 29.1 Å². The molecule has 0 unspecified atom stereocenters. The first-order valence-electron chi connectivity index (χ1n) is 8.62. The smallest absolute Gasteiger partial charge is 0.319 e. The molecule has 0 saturated heterocycles. The summed E-state index contributed by atoms with van der Waals surface area (Å²) in [7, 11) is 0. The second-order valence-corrected chi connectivity index (χ2v) is 8.72. The van der Waals surface area contributed by atoms with Gasteiger partial charge < -0.3 is 10.0 Å². The Balaban J connectivity index is 1.87. The van der Waals surface area contributed by atoms with E-state index < -0.39 is 10.7 Å². The molecule has 0 bridgehead atoms. The maximum Gasteiger partial charge on any atom is 0.319 e. The fourth-order valence-corrected chi connectivity index (χ4v) is 3.78. The summed E-state index contributed by atoms with van der Waals surface area (Å²) in [6.45, 7) is 3.50. The summed E-state index contributed by atoms with van der Waals surface area (Å²) in [5.41, 5.74) is 2.41. The standard InChI is InChI=1S/C20H23N3O2S/c1-20(2,18(24)25)26-19(22)23(12-21)11-14-9-10-16(13-7-8-13)17-6-4-3-5-15(14)17/h3-6,9-10,12-13,21-22H,7-8,11H2,1-2H3,(H,24,25). The summed E-state index contributed by atoms with van der Waals surface area (Å²) in [5.74, 6) is -0.325. The molecule has 0 radical (unpaired) electrons. The van der Waals surface area contributed by atoms with Crippen LogP contribution in [0.15, 0.2) is 36.4 Å². The van der Waals surface area contributed by atoms with Crippen LogP contribution in [0, 0.1) is 10.8 Å². The van der Waals surface area contributed by atoms with Crippen molar-refractivity contribution < 1.29 is 9.90 Å². The van der Waals surface area contributed by atoms with Crippen molar-refractivity contribution in [2.75, 3.05) is 0 Å². The van der Waals surface area contributed by atoms with E-state index in [1.54, 1.807) is 13.8 Å². The molecule has 0 atom stereocenters. The van der Waals surface area contributed by atoms with Crippen LogP contribution >= 0.6 is 11.8 Å². The molecule has 0 aliphatic heterocycles. The van der Waals surface area contributed by atoms with Gasteiger partial charge in [-0.25, -0.2) is 0 Å². The first kappa shape index (κ1) is 18.5. The summed E-state index contributed by atoms with van der Waals surface area (Å²) in [4.78, 5) is 12.8. The Morgan fingerprint density at radius 3 is 2.50 bits per heavy atom. The van der Waals surface area contributed by atoms with E-state index in [0.29, 0.717) is 12.5 Å². The molecule has 1 fully saturated rings. The van der Waals surface area contributed by atoms with Gasteiger partial charge in [0.05, 0.1) is 12.9 Å². The van der Waals surface area contributed by atoms with Gasteiger partial charge in [0.15, 0.2) is 5.17 Å². The van der Waals surface area contributed by atoms with Gasteiger partial charge in [-0.05, 0) is 54.5 Å². The number of carboxylic acid groups (broad SMARTS) is 1. The van der Waals surface area contributed by atoms with E-state index >= 15 is 0 Å². The second-order valence-electron chi connectivity index (χ2n) is 7.11. The van der Waals surface area contributed by atoms with Crippen LogP contribution in [0.5, 0.6) is 0 Å². The van der Waals surface area contributed by atoms with E-state index in [9.17, 15) is 9.90 Å². The number of amidine groups is 1. The first-order chi connectivity index (χ1) is 12.3. The molecule has 3 N–H and O–H groups in total. The Kier molecular flexibility index (Phi) is 5.05. The third-order valence-electron chi connectivity index (χ3n) is 4.69. The molecule has 2 aromatic rings. The van der Waals surface area contributed by atoms with E-state index in [-0.39, 0.29) is 5.17 Å². The van der Waals surface area contributed by atoms with Gasteiger partial charge in [0.1, 0.15) is 4.75 Å². The summed E-state index contributed by atoms with van der Waals surface area (Å²) >= 11 is 0.944. The topological polar surface area (TPSA) is 88.2 Å². The Hall–Kier alpha value is -2.34. The average molecular weight is 369 g/mol. The van der Waals surface area contributed by atoms with Crippen LogP contribution < -0.4 is 0 Å². The van der Waals surface area contributed by atoms with Crippen LogP contribution in [-0.2, 0) is 11.3 Å². The zero-order valence-corrected chi connectivity index (χ0v) is 15.8. The van der Waals surface area contributed by atoms with Gasteiger partial charge in [0.2, 0.25) is 0 Å². The van der Waals surface area contributed by atoms with Crippen LogP contribution in [0.1, 0.15) is 43.7 Å². The number of nitrogens with one attached hydrogen (secondary N) is 2. The van der Waals surface area contributed by atoms with Gasteiger partial charge in [-0.1, -0.05) is 48.2 Å². The Labute approximate surface area is 157 Å². The van der Waals surface area contributed by atoms with Gasteiger partial charge in [-0.15, -0.1) is 0 Å². The molecular weight excluding hydrogens is 346 g/mol. The lowest BCUT2D eigenvalue weighted by atomic mass is 9.97. The molecule has 26 heavy (non-hydrogen) atoms. The number of benzene rings is 2. The number of hydrogen-bond donors (Lipinski definition) is 3. The number of rotatable bonds is 6. The van der Waals surface area contributed by atoms with E-state index in [4.69, 9.17) is 10.8 Å². The minimum atomic E-state index is -1.11. The quantitative estimate of drug-likeness (QED) is 0.510. The Morgan fingerprint density at radius 2 is 1.92 bits per heavy atom. The molecule has 0 amide bonds. The molecule has 136 valence electrons. The van der Waals surface area contributed by atoms with Crippen molar-refractivity contribution in [1.29, 1.82) is 10.8 Å². The van der Waals surface area contributed by atoms with Crippen LogP contribution in [0.3, 0.4) is 0 Å². The minimum Gasteiger partial charge on any atom is -0.480 e. The lowest BCUT2D eigenvalue weighted by Gasteiger charge is -2.25. The SMILES string of the molecule is CC(C)(SC(=N)N(C=N)Cc1ccc(C2CC2)c2ccccc12)C(=O)O. The third-order valence-corrected chi connectivity index (χ3v) is 5.80. The number of carbonyl (C=O) groups is 1. The van der Waals surface area contributed by atoms with Crippen LogP contribution in [0.4, 0.5) is 0 Å². The minimum absolute atomic E-state index is 0.0581. The number of thioether (sulfide) groups is 1. The Morgan fingerprint density at radius 1 is 1.27 bits per heavy atom. The predicted octanol–water partition coefficient (Wildman–Crippen LogP) is 4.66. The highest BCUT2D eigenvalue weighted by molar-refractivity contribution is 8.15. The van der Waals surface area contributed by atoms with Gasteiger partial charge in [-0.2, -0.15) is 0 Å². The van der Waals surface area contributed by atoms with E-state index in [1.165, 1.54) is 28.7 Å². The van der Waals surface area contributed by atoms with Gasteiger partial charge >= 0.3 is 5.97 Å². The molecule has 0 aromatic heterocycles. The fraction of sp³-hybridized carbons (Fsp3) is 0.350. The molecule has 1 aliphatic carbocycles. The lowest BCUT2D eigenvalue weighted by Crippen LogP contribution is -2.34. The number of nitrogens with zero attached hydrogens (tertiary/aromatic N) is 1. The number of carboxylic acids is 1. The average Bonchev–Trinajstić information content (AvgIpc) is 3.43. The maximum absolute atomic E-state index is 11.3. The summed E-state index contributed by atoms with van der Waals surface area (Å²) in [6, 6.07) is 12.5. The van der Waals surface area contributed by atoms with Gasteiger partial charge in [-0.3, -0.25) is 15.6 Å². The predicted molar refractivity (Wildman–Crippen MR) is 107 cm³/mol. The highest BCUT2D eigenvalue weighted by atomic mass is 32.2. The molecule has 5 nitrogen and oxygen atoms in total. The fourth-order valence-electron chi connectivity index (χ4n) is 2.98. The van der Waals surface area contributed by atoms with Crippen molar-refractivity contribution in [3.63, 3.8) is 0 Å². The van der Waals surface area contributed by atoms with Crippen molar-refractivity contribution in [1.82, 2.24) is 4.90 Å². The lowest BCUT2D eigenvalue weighted by molar-refractivity contribution is -0.138. The van der Waals surface area contributed by atoms with Crippen LogP contribution in [0.25, 0.3) is 10.8 Å². The summed E-state index contributed by atoms with van der Waals surface area (Å²) in [6.07, 6.45) is 3.57. The molecule has 3 rings (SSSR count). The van der Waals surface area contributed by atoms with Crippen molar-refractivity contribution in [2.24, 2.45) is 0 Å². The first-order valence-corrected chi connectivity index (χ1v) is 9.44. The molecule has 1 aliphatic rings. The van der Waals surface area contributed by atoms with Crippen molar-refractivity contribution in [2.45, 2.75) is 43.9 Å². The molecule has 6 heteroatoms. The maximum atomic E-state index is 11.3. The molecular formula is C20H23N3O2S. The third kappa shape index (κ3) is 3.75. The second kappa shape index (κ2) is 7.11. The molecule has 1 saturated carbocycles. The summed E-state index contributed by atoms with van der Waals surface area (Å²) < 4.78 is -1.11. The number of fused-ring (bicyclic) bond motifs is 1. The largest absolute Gasteiger partial charge is 0.480 e. The number of hydrogen-bond acceptors (Lipinski definition) is 4. The van der Waals surface area contributed by atoms with Gasteiger partial charge in [0.25, 0.3) is 0 Å². The van der Waals surface area contributed by atoms with E-state index in [1.807, 2.05) is 12.1 Å². The normalized spacial score (nSPS) is 14.2. The Bertz CT molecular complexity index is 874. The highest BCUT2D eigenvalue weighted by Crippen LogP contribution is 2.43. The van der Waals surface area contributed by atoms with Crippen molar-refractivity contribution >= 4 is 40.0 Å².